The van der Waals surface area contributed by atoms with Crippen molar-refractivity contribution >= 4 is 38.9 Å². The van der Waals surface area contributed by atoms with Crippen molar-refractivity contribution in [2.45, 2.75) is 25.3 Å². The number of ether oxygens (including phenoxy) is 1. The molecule has 6 rings (SSSR count). The molecule has 0 bridgehead atoms. The van der Waals surface area contributed by atoms with Crippen LogP contribution >= 0.6 is 11.3 Å². The molecular weight excluding hydrogens is 488 g/mol. The zero-order valence-corrected chi connectivity index (χ0v) is 21.6. The zero-order valence-electron chi connectivity index (χ0n) is 20.8. The number of morpholine rings is 1. The van der Waals surface area contributed by atoms with Gasteiger partial charge >= 0.3 is 0 Å². The first-order chi connectivity index (χ1) is 18.1. The number of aryl methyl sites for hydroxylation is 1. The molecule has 37 heavy (non-hydrogen) atoms. The van der Waals surface area contributed by atoms with Gasteiger partial charge in [-0.15, -0.1) is 11.3 Å². The van der Waals surface area contributed by atoms with Gasteiger partial charge in [-0.05, 0) is 30.8 Å². The van der Waals surface area contributed by atoms with Crippen LogP contribution in [0.1, 0.15) is 34.5 Å². The number of nitrogens with zero attached hydrogens (tertiary/aromatic N) is 5. The maximum absolute atomic E-state index is 13.9. The molecule has 2 aliphatic carbocycles. The van der Waals surface area contributed by atoms with Crippen LogP contribution < -0.4 is 5.32 Å². The minimum absolute atomic E-state index is 0.00249. The fraction of sp³-hybridized carbons (Fsp3) is 0.407. The van der Waals surface area contributed by atoms with E-state index in [9.17, 15) is 9.90 Å². The summed E-state index contributed by atoms with van der Waals surface area (Å²) in [5.41, 5.74) is 1.83. The van der Waals surface area contributed by atoms with Crippen molar-refractivity contribution in [2.24, 2.45) is 13.0 Å². The fourth-order valence-electron chi connectivity index (χ4n) is 5.06. The second-order valence-electron chi connectivity index (χ2n) is 9.70. The average molecular weight is 519 g/mol. The molecule has 1 saturated carbocycles. The maximum atomic E-state index is 13.9. The maximum Gasteiger partial charge on any atom is 0.264 e. The first-order valence-corrected chi connectivity index (χ1v) is 13.5. The van der Waals surface area contributed by atoms with E-state index in [1.165, 1.54) is 11.3 Å². The lowest BCUT2D eigenvalue weighted by atomic mass is 9.81. The van der Waals surface area contributed by atoms with Gasteiger partial charge in [-0.1, -0.05) is 30.4 Å². The minimum atomic E-state index is -0.00249. The van der Waals surface area contributed by atoms with Crippen LogP contribution in [0, 0.1) is 5.92 Å². The van der Waals surface area contributed by atoms with Gasteiger partial charge in [-0.25, -0.2) is 15.0 Å². The summed E-state index contributed by atoms with van der Waals surface area (Å²) >= 11 is 1.42. The molecule has 0 aromatic carbocycles. The van der Waals surface area contributed by atoms with Gasteiger partial charge in [0.05, 0.1) is 18.6 Å². The predicted octanol–water partition coefficient (Wildman–Crippen LogP) is 3.65. The van der Waals surface area contributed by atoms with Crippen molar-refractivity contribution < 1.29 is 14.6 Å². The van der Waals surface area contributed by atoms with E-state index >= 15 is 0 Å². The van der Waals surface area contributed by atoms with Gasteiger partial charge in [0.25, 0.3) is 5.91 Å². The third kappa shape index (κ3) is 4.60. The number of hydrogen-bond donors (Lipinski definition) is 2. The number of allylic oxidation sites excluding steroid dienone is 6. The topological polar surface area (TPSA) is 105 Å². The number of aromatic nitrogens is 4. The van der Waals surface area contributed by atoms with Crippen molar-refractivity contribution in [3.63, 3.8) is 0 Å². The lowest BCUT2D eigenvalue weighted by Gasteiger charge is -2.35. The number of carbonyl (C=O) groups excluding carboxylic acids is 1. The highest BCUT2D eigenvalue weighted by Gasteiger charge is 2.32. The van der Waals surface area contributed by atoms with E-state index in [4.69, 9.17) is 14.7 Å². The van der Waals surface area contributed by atoms with Crippen LogP contribution in [0.4, 0.5) is 5.82 Å². The Hall–Kier alpha value is -3.34. The average Bonchev–Trinajstić information content (AvgIpc) is 3.39. The lowest BCUT2D eigenvalue weighted by Crippen LogP contribution is -2.40. The molecule has 3 aromatic rings. The van der Waals surface area contributed by atoms with E-state index in [2.05, 4.69) is 34.6 Å². The second-order valence-corrected chi connectivity index (χ2v) is 10.7. The Balaban J connectivity index is 1.54. The molecule has 10 heteroatoms. The van der Waals surface area contributed by atoms with E-state index in [1.54, 1.807) is 6.20 Å². The highest BCUT2D eigenvalue weighted by Crippen LogP contribution is 2.42. The molecule has 0 atom stereocenters. The Morgan fingerprint density at radius 3 is 2.84 bits per heavy atom. The number of nitrogens with one attached hydrogen (secondary N) is 1. The number of amides is 1. The van der Waals surface area contributed by atoms with Crippen LogP contribution in [-0.4, -0.2) is 74.4 Å². The molecule has 2 fully saturated rings. The largest absolute Gasteiger partial charge is 0.396 e. The van der Waals surface area contributed by atoms with Gasteiger partial charge in [0, 0.05) is 50.7 Å². The molecule has 3 aromatic heterocycles. The summed E-state index contributed by atoms with van der Waals surface area (Å²) < 4.78 is 7.39. The Morgan fingerprint density at radius 2 is 2.08 bits per heavy atom. The monoisotopic (exact) mass is 518 g/mol. The molecule has 0 spiro atoms. The fourth-order valence-corrected chi connectivity index (χ4v) is 6.23. The lowest BCUT2D eigenvalue weighted by molar-refractivity contribution is 0.0306. The normalized spacial score (nSPS) is 21.6. The SMILES string of the molecule is Cn1ccnc1-c1nc(NC2CC(CO)C2)c2c(C3=CC=CCC=C3)c(C(=O)N3CCOCC3)sc2n1. The summed E-state index contributed by atoms with van der Waals surface area (Å²) in [6.45, 7) is 2.42. The number of hydrogen-bond acceptors (Lipinski definition) is 8. The van der Waals surface area contributed by atoms with E-state index in [0.717, 1.165) is 40.6 Å². The van der Waals surface area contributed by atoms with E-state index < -0.39 is 0 Å². The van der Waals surface area contributed by atoms with Gasteiger partial charge in [0.2, 0.25) is 0 Å². The van der Waals surface area contributed by atoms with Gasteiger partial charge in [-0.2, -0.15) is 0 Å². The van der Waals surface area contributed by atoms with E-state index in [-0.39, 0.29) is 18.6 Å². The Morgan fingerprint density at radius 1 is 1.24 bits per heavy atom. The van der Waals surface area contributed by atoms with Crippen molar-refractivity contribution in [1.29, 1.82) is 0 Å². The third-order valence-electron chi connectivity index (χ3n) is 7.17. The summed E-state index contributed by atoms with van der Waals surface area (Å²) in [6.07, 6.45) is 16.6. The number of fused-ring (bicyclic) bond motifs is 1. The van der Waals surface area contributed by atoms with Crippen LogP contribution in [0.5, 0.6) is 0 Å². The number of carbonyl (C=O) groups is 1. The van der Waals surface area contributed by atoms with E-state index in [1.807, 2.05) is 28.8 Å². The molecular formula is C27H30N6O3S. The van der Waals surface area contributed by atoms with Gasteiger partial charge in [0.15, 0.2) is 11.6 Å². The van der Waals surface area contributed by atoms with Crippen molar-refractivity contribution in [3.05, 3.63) is 53.2 Å². The third-order valence-corrected chi connectivity index (χ3v) is 8.24. The summed E-state index contributed by atoms with van der Waals surface area (Å²) in [4.78, 5) is 31.5. The standard InChI is InChI=1S/C27H30N6O3S/c1-32-9-8-28-25(32)24-30-23(29-19-14-17(15-19)16-34)21-20(18-6-4-2-3-5-7-18)22(37-26(21)31-24)27(35)33-10-12-36-13-11-33/h2,4-9,17,19,34H,3,10-16H2,1H3,(H,29,30,31). The Labute approximate surface area is 219 Å². The van der Waals surface area contributed by atoms with Crippen LogP contribution in [0.3, 0.4) is 0 Å². The van der Waals surface area contributed by atoms with Gasteiger partial charge < -0.3 is 24.6 Å². The van der Waals surface area contributed by atoms with Crippen LogP contribution in [0.15, 0.2) is 42.8 Å². The zero-order chi connectivity index (χ0) is 25.4. The van der Waals surface area contributed by atoms with Crippen LogP contribution in [0.2, 0.25) is 0 Å². The second kappa shape index (κ2) is 10.2. The number of rotatable bonds is 6. The minimum Gasteiger partial charge on any atom is -0.396 e. The molecule has 1 saturated heterocycles. The molecule has 2 N–H and O–H groups in total. The predicted molar refractivity (Wildman–Crippen MR) is 144 cm³/mol. The van der Waals surface area contributed by atoms with Crippen molar-refractivity contribution in [3.8, 4) is 11.6 Å². The molecule has 0 radical (unpaired) electrons. The summed E-state index contributed by atoms with van der Waals surface area (Å²) in [7, 11) is 1.92. The number of imidazole rings is 1. The highest BCUT2D eigenvalue weighted by atomic mass is 32.1. The van der Waals surface area contributed by atoms with Gasteiger partial charge in [-0.3, -0.25) is 4.79 Å². The molecule has 4 heterocycles. The smallest absolute Gasteiger partial charge is 0.264 e. The Kier molecular flexibility index (Phi) is 6.62. The number of aliphatic hydroxyl groups excluding tert-OH is 1. The molecule has 3 aliphatic rings. The molecule has 0 unspecified atom stereocenters. The number of aliphatic hydroxyl groups is 1. The van der Waals surface area contributed by atoms with Crippen LogP contribution in [0.25, 0.3) is 27.4 Å². The highest BCUT2D eigenvalue weighted by molar-refractivity contribution is 7.21. The Bertz CT molecular complexity index is 1410. The molecule has 1 amide bonds. The van der Waals surface area contributed by atoms with E-state index in [0.29, 0.717) is 54.6 Å². The first kappa shape index (κ1) is 24.0. The molecule has 192 valence electrons. The molecule has 1 aliphatic heterocycles. The summed E-state index contributed by atoms with van der Waals surface area (Å²) in [5.74, 6) is 2.20. The van der Waals surface area contributed by atoms with Crippen molar-refractivity contribution in [2.75, 3.05) is 38.2 Å². The van der Waals surface area contributed by atoms with Crippen LogP contribution in [-0.2, 0) is 11.8 Å². The summed E-state index contributed by atoms with van der Waals surface area (Å²) in [5, 5.41) is 14.0. The quantitative estimate of drug-likeness (QED) is 0.513. The number of anilines is 1. The number of thiophene rings is 1. The van der Waals surface area contributed by atoms with Crippen molar-refractivity contribution in [1.82, 2.24) is 24.4 Å². The van der Waals surface area contributed by atoms with Gasteiger partial charge in [0.1, 0.15) is 15.5 Å². The molecule has 9 nitrogen and oxygen atoms in total. The first-order valence-electron chi connectivity index (χ1n) is 12.7. The summed E-state index contributed by atoms with van der Waals surface area (Å²) in [6, 6.07) is 0.203.